The summed E-state index contributed by atoms with van der Waals surface area (Å²) in [6.45, 7) is 5.66. The zero-order valence-corrected chi connectivity index (χ0v) is 16.4. The number of carbonyl (C=O) groups excluding carboxylic acids is 1. The molecule has 1 fully saturated rings. The number of likely N-dealkylation sites (tertiary alicyclic amines) is 1. The van der Waals surface area contributed by atoms with E-state index in [1.54, 1.807) is 12.5 Å². The van der Waals surface area contributed by atoms with Gasteiger partial charge >= 0.3 is 0 Å². The van der Waals surface area contributed by atoms with Crippen molar-refractivity contribution in [1.82, 2.24) is 24.0 Å². The molecule has 2 aromatic heterocycles. The van der Waals surface area contributed by atoms with E-state index in [9.17, 15) is 9.90 Å². The molecule has 0 saturated carbocycles. The van der Waals surface area contributed by atoms with Gasteiger partial charge in [-0.1, -0.05) is 26.0 Å². The van der Waals surface area contributed by atoms with Crippen molar-refractivity contribution in [2.45, 2.75) is 51.3 Å². The minimum Gasteiger partial charge on any atom is -0.391 e. The average Bonchev–Trinajstić information content (AvgIpc) is 3.28. The number of aliphatic hydroxyl groups is 1. The van der Waals surface area contributed by atoms with Crippen LogP contribution in [0.15, 0.2) is 43.0 Å². The molecule has 0 unspecified atom stereocenters. The van der Waals surface area contributed by atoms with Gasteiger partial charge in [0.25, 0.3) is 0 Å². The number of imidazole rings is 2. The standard InChI is InChI=1S/C21H27N5O2/c1-15(2)21-23-16-5-3-4-6-17(16)26(21)13-20(28)24-10-7-18(19(27)8-11-24)25-12-9-22-14-25/h3-6,9,12,14-15,18-19,27H,7-8,10-11,13H2,1-2H3/t18-,19-/m0/s1. The van der Waals surface area contributed by atoms with Crippen molar-refractivity contribution < 1.29 is 9.90 Å². The minimum atomic E-state index is -0.479. The Morgan fingerprint density at radius 3 is 2.79 bits per heavy atom. The smallest absolute Gasteiger partial charge is 0.242 e. The fourth-order valence-electron chi connectivity index (χ4n) is 4.07. The Morgan fingerprint density at radius 1 is 1.25 bits per heavy atom. The molecule has 0 bridgehead atoms. The van der Waals surface area contributed by atoms with Gasteiger partial charge < -0.3 is 19.1 Å². The van der Waals surface area contributed by atoms with E-state index in [0.717, 1.165) is 16.9 Å². The molecule has 2 atom stereocenters. The second-order valence-corrected chi connectivity index (χ2v) is 7.80. The SMILES string of the molecule is CC(C)c1nc2ccccc2n1CC(=O)N1CC[C@H](O)[C@@H](n2ccnc2)CC1. The van der Waals surface area contributed by atoms with E-state index >= 15 is 0 Å². The number of amides is 1. The summed E-state index contributed by atoms with van der Waals surface area (Å²) in [5, 5.41) is 10.5. The summed E-state index contributed by atoms with van der Waals surface area (Å²) in [7, 11) is 0. The van der Waals surface area contributed by atoms with E-state index in [1.165, 1.54) is 0 Å². The molecule has 148 valence electrons. The molecule has 7 nitrogen and oxygen atoms in total. The monoisotopic (exact) mass is 381 g/mol. The Morgan fingerprint density at radius 2 is 2.04 bits per heavy atom. The van der Waals surface area contributed by atoms with Gasteiger partial charge in [-0.2, -0.15) is 0 Å². The van der Waals surface area contributed by atoms with Gasteiger partial charge in [-0.05, 0) is 25.0 Å². The highest BCUT2D eigenvalue weighted by molar-refractivity contribution is 5.81. The van der Waals surface area contributed by atoms with Gasteiger partial charge in [0.15, 0.2) is 0 Å². The van der Waals surface area contributed by atoms with Crippen LogP contribution >= 0.6 is 0 Å². The predicted octanol–water partition coefficient (Wildman–Crippen LogP) is 2.58. The lowest BCUT2D eigenvalue weighted by molar-refractivity contribution is -0.131. The van der Waals surface area contributed by atoms with E-state index < -0.39 is 6.10 Å². The van der Waals surface area contributed by atoms with E-state index in [0.29, 0.717) is 25.9 Å². The van der Waals surface area contributed by atoms with Gasteiger partial charge in [0.1, 0.15) is 12.4 Å². The summed E-state index contributed by atoms with van der Waals surface area (Å²) in [5.41, 5.74) is 1.91. The van der Waals surface area contributed by atoms with Crippen LogP contribution in [0.4, 0.5) is 0 Å². The highest BCUT2D eigenvalue weighted by Gasteiger charge is 2.28. The van der Waals surface area contributed by atoms with E-state index in [4.69, 9.17) is 4.98 Å². The van der Waals surface area contributed by atoms with Crippen LogP contribution in [0.1, 0.15) is 44.5 Å². The van der Waals surface area contributed by atoms with E-state index in [2.05, 4.69) is 18.8 Å². The molecule has 0 spiro atoms. The van der Waals surface area contributed by atoms with Crippen LogP contribution in [-0.2, 0) is 11.3 Å². The zero-order chi connectivity index (χ0) is 19.7. The third kappa shape index (κ3) is 3.54. The minimum absolute atomic E-state index is 0.0411. The Labute approximate surface area is 164 Å². The highest BCUT2D eigenvalue weighted by Crippen LogP contribution is 2.25. The summed E-state index contributed by atoms with van der Waals surface area (Å²) >= 11 is 0. The number of rotatable bonds is 4. The molecule has 0 radical (unpaired) electrons. The number of aliphatic hydroxyl groups excluding tert-OH is 1. The molecule has 28 heavy (non-hydrogen) atoms. The third-order valence-corrected chi connectivity index (χ3v) is 5.59. The van der Waals surface area contributed by atoms with Crippen LogP contribution < -0.4 is 0 Å². The molecule has 1 aromatic carbocycles. The van der Waals surface area contributed by atoms with Gasteiger partial charge in [-0.25, -0.2) is 9.97 Å². The predicted molar refractivity (Wildman–Crippen MR) is 107 cm³/mol. The number of aromatic nitrogens is 4. The van der Waals surface area contributed by atoms with Crippen LogP contribution in [0.3, 0.4) is 0 Å². The number of carbonyl (C=O) groups is 1. The van der Waals surface area contributed by atoms with Crippen LogP contribution in [0.5, 0.6) is 0 Å². The molecule has 7 heteroatoms. The summed E-state index contributed by atoms with van der Waals surface area (Å²) in [4.78, 5) is 23.8. The van der Waals surface area contributed by atoms with Crippen molar-refractivity contribution in [3.8, 4) is 0 Å². The van der Waals surface area contributed by atoms with Crippen molar-refractivity contribution in [3.63, 3.8) is 0 Å². The lowest BCUT2D eigenvalue weighted by atomic mass is 10.1. The van der Waals surface area contributed by atoms with Gasteiger partial charge in [0.05, 0.1) is 29.5 Å². The fourth-order valence-corrected chi connectivity index (χ4v) is 4.07. The molecular weight excluding hydrogens is 354 g/mol. The lowest BCUT2D eigenvalue weighted by Crippen LogP contribution is -2.35. The van der Waals surface area contributed by atoms with Crippen molar-refractivity contribution in [3.05, 3.63) is 48.8 Å². The largest absolute Gasteiger partial charge is 0.391 e. The first-order chi connectivity index (χ1) is 13.5. The van der Waals surface area contributed by atoms with Crippen LogP contribution in [0.2, 0.25) is 0 Å². The maximum Gasteiger partial charge on any atom is 0.242 e. The van der Waals surface area contributed by atoms with Crippen molar-refractivity contribution in [1.29, 1.82) is 0 Å². The summed E-state index contributed by atoms with van der Waals surface area (Å²) < 4.78 is 3.98. The summed E-state index contributed by atoms with van der Waals surface area (Å²) in [6, 6.07) is 7.91. The van der Waals surface area contributed by atoms with Gasteiger partial charge in [0.2, 0.25) is 5.91 Å². The van der Waals surface area contributed by atoms with Crippen LogP contribution in [0.25, 0.3) is 11.0 Å². The molecule has 4 rings (SSSR count). The first-order valence-electron chi connectivity index (χ1n) is 9.93. The first-order valence-corrected chi connectivity index (χ1v) is 9.93. The Balaban J connectivity index is 1.53. The van der Waals surface area contributed by atoms with Crippen LogP contribution in [0, 0.1) is 0 Å². The molecule has 1 aliphatic heterocycles. The average molecular weight is 381 g/mol. The molecule has 3 heterocycles. The van der Waals surface area contributed by atoms with E-state index in [-0.39, 0.29) is 24.4 Å². The fraction of sp³-hybridized carbons (Fsp3) is 0.476. The van der Waals surface area contributed by atoms with E-state index in [1.807, 2.05) is 44.5 Å². The number of hydrogen-bond acceptors (Lipinski definition) is 4. The van der Waals surface area contributed by atoms with Crippen molar-refractivity contribution >= 4 is 16.9 Å². The number of nitrogens with zero attached hydrogens (tertiary/aromatic N) is 5. The molecule has 1 amide bonds. The Kier molecular flexibility index (Phi) is 5.17. The molecular formula is C21H27N5O2. The molecule has 1 saturated heterocycles. The number of para-hydroxylation sites is 2. The maximum atomic E-state index is 13.1. The van der Waals surface area contributed by atoms with Gasteiger partial charge in [-0.15, -0.1) is 0 Å². The quantitative estimate of drug-likeness (QED) is 0.754. The zero-order valence-electron chi connectivity index (χ0n) is 16.4. The summed E-state index contributed by atoms with van der Waals surface area (Å²) in [6.07, 6.45) is 6.13. The second-order valence-electron chi connectivity index (χ2n) is 7.80. The van der Waals surface area contributed by atoms with Gasteiger partial charge in [0, 0.05) is 31.4 Å². The van der Waals surface area contributed by atoms with Crippen LogP contribution in [-0.4, -0.2) is 54.2 Å². The van der Waals surface area contributed by atoms with Crippen molar-refractivity contribution in [2.75, 3.05) is 13.1 Å². The lowest BCUT2D eigenvalue weighted by Gasteiger charge is -2.22. The first kappa shape index (κ1) is 18.7. The topological polar surface area (TPSA) is 76.2 Å². The second kappa shape index (κ2) is 7.75. The molecule has 3 aromatic rings. The third-order valence-electron chi connectivity index (χ3n) is 5.59. The Bertz CT molecular complexity index is 947. The highest BCUT2D eigenvalue weighted by atomic mass is 16.3. The van der Waals surface area contributed by atoms with Gasteiger partial charge in [-0.3, -0.25) is 4.79 Å². The Hall–Kier alpha value is -2.67. The maximum absolute atomic E-state index is 13.1. The number of benzene rings is 1. The number of fused-ring (bicyclic) bond motifs is 1. The number of hydrogen-bond donors (Lipinski definition) is 1. The summed E-state index contributed by atoms with van der Waals surface area (Å²) in [5.74, 6) is 1.24. The molecule has 0 aliphatic carbocycles. The molecule has 1 aliphatic rings. The molecule has 1 N–H and O–H groups in total. The normalized spacial score (nSPS) is 20.6. The van der Waals surface area contributed by atoms with Crippen molar-refractivity contribution in [2.24, 2.45) is 0 Å².